The first-order valence-corrected chi connectivity index (χ1v) is 8.95. The highest BCUT2D eigenvalue weighted by atomic mass is 32.2. The predicted molar refractivity (Wildman–Crippen MR) is 99.8 cm³/mol. The Morgan fingerprint density at radius 1 is 1.35 bits per heavy atom. The third-order valence-electron chi connectivity index (χ3n) is 4.32. The summed E-state index contributed by atoms with van der Waals surface area (Å²) in [5.74, 6) is -0.344. The fourth-order valence-electron chi connectivity index (χ4n) is 3.11. The Hall–Kier alpha value is -2.81. The number of nitrogens with zero attached hydrogens (tertiary/aromatic N) is 4. The van der Waals surface area contributed by atoms with Crippen LogP contribution in [0, 0.1) is 0 Å². The molecule has 0 bridgehead atoms. The number of amides is 3. The zero-order valence-corrected chi connectivity index (χ0v) is 15.2. The Balaban J connectivity index is 1.68. The number of hydrogen-bond donors (Lipinski definition) is 2. The van der Waals surface area contributed by atoms with E-state index in [9.17, 15) is 9.59 Å². The molecular weight excluding hydrogens is 352 g/mol. The first-order valence-electron chi connectivity index (χ1n) is 8.13. The third kappa shape index (κ3) is 2.74. The van der Waals surface area contributed by atoms with Gasteiger partial charge in [-0.15, -0.1) is 0 Å². The quantitative estimate of drug-likeness (QED) is 0.804. The highest BCUT2D eigenvalue weighted by molar-refractivity contribution is 8.13. The number of aromatic nitrogens is 2. The Bertz CT molecular complexity index is 919. The summed E-state index contributed by atoms with van der Waals surface area (Å²) >= 11 is 1.35. The van der Waals surface area contributed by atoms with Gasteiger partial charge >= 0.3 is 6.03 Å². The van der Waals surface area contributed by atoms with Gasteiger partial charge in [-0.2, -0.15) is 0 Å². The number of nitrogens with one attached hydrogen (secondary N) is 2. The van der Waals surface area contributed by atoms with Crippen LogP contribution in [-0.2, 0) is 4.79 Å². The molecule has 4 rings (SSSR count). The Kier molecular flexibility index (Phi) is 3.95. The van der Waals surface area contributed by atoms with E-state index in [0.29, 0.717) is 16.9 Å². The molecule has 3 heterocycles. The molecule has 1 saturated heterocycles. The van der Waals surface area contributed by atoms with Crippen LogP contribution in [0.25, 0.3) is 11.0 Å². The van der Waals surface area contributed by atoms with Gasteiger partial charge in [0, 0.05) is 13.6 Å². The number of imide groups is 1. The van der Waals surface area contributed by atoms with Crippen LogP contribution in [0.3, 0.4) is 0 Å². The molecular formula is C17H18N6O2S. The predicted octanol–water partition coefficient (Wildman–Crippen LogP) is 1.78. The lowest BCUT2D eigenvalue weighted by molar-refractivity contribution is -0.126. The minimum absolute atomic E-state index is 0.344. The van der Waals surface area contributed by atoms with Crippen molar-refractivity contribution >= 4 is 39.9 Å². The number of likely N-dealkylation sites (N-methyl/N-ethyl adjacent to an activating group) is 1. The molecule has 0 radical (unpaired) electrons. The number of rotatable bonds is 3. The number of hydrogen-bond acceptors (Lipinski definition) is 6. The van der Waals surface area contributed by atoms with Crippen molar-refractivity contribution in [2.45, 2.75) is 24.3 Å². The van der Waals surface area contributed by atoms with Crippen molar-refractivity contribution in [3.05, 3.63) is 36.4 Å². The van der Waals surface area contributed by atoms with Crippen LogP contribution in [0.4, 0.5) is 4.79 Å². The van der Waals surface area contributed by atoms with E-state index in [1.165, 1.54) is 16.7 Å². The molecule has 0 saturated carbocycles. The number of urea groups is 1. The van der Waals surface area contributed by atoms with Crippen molar-refractivity contribution in [1.82, 2.24) is 25.1 Å². The number of carbonyl (C=O) groups excluding carboxylic acids is 2. The summed E-state index contributed by atoms with van der Waals surface area (Å²) in [4.78, 5) is 40.1. The number of aliphatic imine (C=N–C) groups is 1. The molecule has 0 spiro atoms. The number of thioether (sulfide) groups is 1. The summed E-state index contributed by atoms with van der Waals surface area (Å²) < 4.78 is 0. The van der Waals surface area contributed by atoms with Crippen LogP contribution in [0.15, 0.2) is 46.6 Å². The highest BCUT2D eigenvalue weighted by Gasteiger charge is 2.48. The van der Waals surface area contributed by atoms with Crippen LogP contribution >= 0.6 is 11.8 Å². The molecule has 8 nitrogen and oxygen atoms in total. The molecule has 2 unspecified atom stereocenters. The third-order valence-corrected chi connectivity index (χ3v) is 5.23. The summed E-state index contributed by atoms with van der Waals surface area (Å²) in [6.45, 7) is 6.32. The first-order chi connectivity index (χ1) is 12.4. The van der Waals surface area contributed by atoms with Gasteiger partial charge in [0.2, 0.25) is 0 Å². The van der Waals surface area contributed by atoms with Gasteiger partial charge in [0.1, 0.15) is 0 Å². The molecule has 9 heteroatoms. The zero-order chi connectivity index (χ0) is 18.4. The van der Waals surface area contributed by atoms with Gasteiger partial charge in [0.05, 0.1) is 11.0 Å². The summed E-state index contributed by atoms with van der Waals surface area (Å²) in [5, 5.41) is 3.70. The number of benzene rings is 1. The fraction of sp³-hybridized carbons (Fsp3) is 0.294. The van der Waals surface area contributed by atoms with Crippen molar-refractivity contribution < 1.29 is 9.59 Å². The van der Waals surface area contributed by atoms with Crippen molar-refractivity contribution in [1.29, 1.82) is 0 Å². The average Bonchev–Trinajstić information content (AvgIpc) is 3.14. The number of amidine groups is 1. The second-order valence-electron chi connectivity index (χ2n) is 6.42. The minimum Gasteiger partial charge on any atom is -0.333 e. The second-order valence-corrected chi connectivity index (χ2v) is 7.38. The van der Waals surface area contributed by atoms with Crippen molar-refractivity contribution in [2.75, 3.05) is 13.6 Å². The minimum atomic E-state index is -0.568. The van der Waals surface area contributed by atoms with Crippen LogP contribution in [0.5, 0.6) is 0 Å². The van der Waals surface area contributed by atoms with Crippen molar-refractivity contribution in [2.24, 2.45) is 4.99 Å². The number of imidazole rings is 1. The second kappa shape index (κ2) is 6.17. The monoisotopic (exact) mass is 370 g/mol. The van der Waals surface area contributed by atoms with Crippen LogP contribution in [-0.4, -0.2) is 62.7 Å². The van der Waals surface area contributed by atoms with Gasteiger partial charge in [0.15, 0.2) is 22.5 Å². The topological polar surface area (TPSA) is 93.7 Å². The van der Waals surface area contributed by atoms with Gasteiger partial charge in [0.25, 0.3) is 5.91 Å². The van der Waals surface area contributed by atoms with Crippen molar-refractivity contribution in [3.63, 3.8) is 0 Å². The van der Waals surface area contributed by atoms with E-state index in [-0.39, 0.29) is 5.91 Å². The fourth-order valence-corrected chi connectivity index (χ4v) is 4.04. The van der Waals surface area contributed by atoms with E-state index >= 15 is 0 Å². The number of aromatic amines is 1. The molecule has 1 aromatic heterocycles. The maximum atomic E-state index is 12.4. The van der Waals surface area contributed by atoms with E-state index in [1.54, 1.807) is 7.05 Å². The number of fused-ring (bicyclic) bond motifs is 2. The molecule has 2 atom stereocenters. The molecule has 2 aliphatic heterocycles. The zero-order valence-electron chi connectivity index (χ0n) is 14.4. The van der Waals surface area contributed by atoms with Crippen LogP contribution in [0.1, 0.15) is 6.92 Å². The average molecular weight is 370 g/mol. The lowest BCUT2D eigenvalue weighted by Crippen LogP contribution is -2.63. The molecule has 2 aromatic rings. The number of carbonyl (C=O) groups is 2. The van der Waals surface area contributed by atoms with Crippen LogP contribution in [0.2, 0.25) is 0 Å². The smallest absolute Gasteiger partial charge is 0.325 e. The van der Waals surface area contributed by atoms with E-state index in [4.69, 9.17) is 0 Å². The van der Waals surface area contributed by atoms with E-state index in [0.717, 1.165) is 16.6 Å². The maximum Gasteiger partial charge on any atom is 0.325 e. The normalized spacial score (nSPS) is 22.5. The molecule has 2 aliphatic rings. The van der Waals surface area contributed by atoms with Gasteiger partial charge in [-0.25, -0.2) is 14.8 Å². The molecule has 2 N–H and O–H groups in total. The van der Waals surface area contributed by atoms with Crippen molar-refractivity contribution in [3.8, 4) is 0 Å². The summed E-state index contributed by atoms with van der Waals surface area (Å²) in [5.41, 5.74) is 2.70. The standard InChI is InChI=1S/C17H18N6O2S/c1-9(2)8-23-12-13(22(3)16(25)21-14(12)24)20-17(23)26-15-18-10-6-4-5-7-11(10)19-15/h4-7,12-13H,1,8H2,2-3H3,(H,18,19)(H,21,24,25). The van der Waals surface area contributed by atoms with Gasteiger partial charge in [-0.3, -0.25) is 10.1 Å². The summed E-state index contributed by atoms with van der Waals surface area (Å²) in [6.07, 6.45) is -0.553. The summed E-state index contributed by atoms with van der Waals surface area (Å²) in [6, 6.07) is 6.74. The Morgan fingerprint density at radius 3 is 2.85 bits per heavy atom. The maximum absolute atomic E-state index is 12.4. The lowest BCUT2D eigenvalue weighted by Gasteiger charge is -2.36. The molecule has 1 aromatic carbocycles. The van der Waals surface area contributed by atoms with Gasteiger partial charge in [-0.1, -0.05) is 24.3 Å². The van der Waals surface area contributed by atoms with E-state index < -0.39 is 18.2 Å². The van der Waals surface area contributed by atoms with Gasteiger partial charge in [-0.05, 0) is 30.8 Å². The largest absolute Gasteiger partial charge is 0.333 e. The molecule has 1 fully saturated rings. The Morgan fingerprint density at radius 2 is 2.12 bits per heavy atom. The molecule has 0 aliphatic carbocycles. The summed E-state index contributed by atoms with van der Waals surface area (Å²) in [7, 11) is 1.64. The van der Waals surface area contributed by atoms with Crippen LogP contribution < -0.4 is 5.32 Å². The Labute approximate surface area is 154 Å². The van der Waals surface area contributed by atoms with E-state index in [2.05, 4.69) is 26.9 Å². The molecule has 134 valence electrons. The SMILES string of the molecule is C=C(C)CN1C(Sc2nc3ccccc3[nH]2)=NC2C1C(=O)NC(=O)N2C. The first kappa shape index (κ1) is 16.6. The number of para-hydroxylation sites is 2. The highest BCUT2D eigenvalue weighted by Crippen LogP contribution is 2.32. The van der Waals surface area contributed by atoms with E-state index in [1.807, 2.05) is 36.1 Å². The lowest BCUT2D eigenvalue weighted by atomic mass is 10.1. The van der Waals surface area contributed by atoms with Gasteiger partial charge < -0.3 is 14.8 Å². The molecule has 26 heavy (non-hydrogen) atoms. The number of H-pyrrole nitrogens is 1. The molecule has 3 amide bonds.